The van der Waals surface area contributed by atoms with Crippen molar-refractivity contribution in [1.29, 1.82) is 0 Å². The Bertz CT molecular complexity index is 601. The molecule has 0 aliphatic rings. The van der Waals surface area contributed by atoms with Gasteiger partial charge in [-0.05, 0) is 36.8 Å². The standard InChI is InChI=1S/C13H10BrClN2O/c1-8-10(3-2-4-11(8)14)13(18)17-9-5-6-16-12(15)7-9/h2-7H,1H3,(H,16,17,18). The quantitative estimate of drug-likeness (QED) is 0.846. The molecule has 1 aromatic heterocycles. The Balaban J connectivity index is 2.25. The second-order valence-electron chi connectivity index (χ2n) is 3.73. The van der Waals surface area contributed by atoms with Crippen molar-refractivity contribution in [3.8, 4) is 0 Å². The first-order valence-corrected chi connectivity index (χ1v) is 6.43. The molecule has 5 heteroatoms. The molecule has 0 atom stereocenters. The van der Waals surface area contributed by atoms with Crippen LogP contribution >= 0.6 is 27.5 Å². The highest BCUT2D eigenvalue weighted by Crippen LogP contribution is 2.21. The zero-order valence-electron chi connectivity index (χ0n) is 9.58. The Morgan fingerprint density at radius 2 is 2.17 bits per heavy atom. The molecule has 0 aliphatic heterocycles. The monoisotopic (exact) mass is 324 g/mol. The third-order valence-corrected chi connectivity index (χ3v) is 3.56. The molecule has 1 aromatic carbocycles. The van der Waals surface area contributed by atoms with Gasteiger partial charge in [-0.1, -0.05) is 33.6 Å². The number of nitrogens with zero attached hydrogens (tertiary/aromatic N) is 1. The van der Waals surface area contributed by atoms with Crippen LogP contribution in [0.2, 0.25) is 5.15 Å². The number of halogens is 2. The van der Waals surface area contributed by atoms with Crippen LogP contribution in [-0.2, 0) is 0 Å². The fraction of sp³-hybridized carbons (Fsp3) is 0.0769. The van der Waals surface area contributed by atoms with Crippen molar-refractivity contribution in [2.75, 3.05) is 5.32 Å². The third-order valence-electron chi connectivity index (χ3n) is 2.50. The van der Waals surface area contributed by atoms with Crippen molar-refractivity contribution >= 4 is 39.1 Å². The van der Waals surface area contributed by atoms with Crippen molar-refractivity contribution in [3.05, 3.63) is 57.3 Å². The van der Waals surface area contributed by atoms with Crippen LogP contribution in [-0.4, -0.2) is 10.9 Å². The highest BCUT2D eigenvalue weighted by molar-refractivity contribution is 9.10. The van der Waals surface area contributed by atoms with Gasteiger partial charge in [0.05, 0.1) is 0 Å². The number of carbonyl (C=O) groups is 1. The van der Waals surface area contributed by atoms with E-state index in [2.05, 4.69) is 26.2 Å². The van der Waals surface area contributed by atoms with Crippen molar-refractivity contribution in [1.82, 2.24) is 4.98 Å². The Labute approximate surface area is 118 Å². The fourth-order valence-electron chi connectivity index (χ4n) is 1.53. The van der Waals surface area contributed by atoms with E-state index in [1.807, 2.05) is 19.1 Å². The number of nitrogens with one attached hydrogen (secondary N) is 1. The summed E-state index contributed by atoms with van der Waals surface area (Å²) >= 11 is 9.16. The molecule has 3 nitrogen and oxygen atoms in total. The summed E-state index contributed by atoms with van der Waals surface area (Å²) in [5, 5.41) is 3.13. The molecule has 0 spiro atoms. The van der Waals surface area contributed by atoms with Crippen LogP contribution in [0.3, 0.4) is 0 Å². The summed E-state index contributed by atoms with van der Waals surface area (Å²) in [6.07, 6.45) is 1.55. The Morgan fingerprint density at radius 3 is 2.89 bits per heavy atom. The molecule has 1 amide bonds. The molecule has 1 N–H and O–H groups in total. The minimum Gasteiger partial charge on any atom is -0.322 e. The SMILES string of the molecule is Cc1c(Br)cccc1C(=O)Nc1ccnc(Cl)c1. The van der Waals surface area contributed by atoms with Gasteiger partial charge in [0.15, 0.2) is 0 Å². The van der Waals surface area contributed by atoms with E-state index in [-0.39, 0.29) is 5.91 Å². The topological polar surface area (TPSA) is 42.0 Å². The number of hydrogen-bond acceptors (Lipinski definition) is 2. The van der Waals surface area contributed by atoms with Crippen LogP contribution in [0.1, 0.15) is 15.9 Å². The molecular formula is C13H10BrClN2O. The molecule has 2 aromatic rings. The lowest BCUT2D eigenvalue weighted by Gasteiger charge is -2.08. The Hall–Kier alpha value is -1.39. The maximum Gasteiger partial charge on any atom is 0.255 e. The zero-order chi connectivity index (χ0) is 13.1. The number of amides is 1. The molecule has 0 bridgehead atoms. The smallest absolute Gasteiger partial charge is 0.255 e. The predicted octanol–water partition coefficient (Wildman–Crippen LogP) is 4.06. The first-order chi connectivity index (χ1) is 8.58. The minimum atomic E-state index is -0.170. The van der Waals surface area contributed by atoms with Gasteiger partial charge < -0.3 is 5.32 Å². The summed E-state index contributed by atoms with van der Waals surface area (Å²) in [5.74, 6) is -0.170. The van der Waals surface area contributed by atoms with E-state index in [1.165, 1.54) is 0 Å². The summed E-state index contributed by atoms with van der Waals surface area (Å²) in [4.78, 5) is 16.0. The molecule has 0 unspecified atom stereocenters. The summed E-state index contributed by atoms with van der Waals surface area (Å²) < 4.78 is 0.905. The van der Waals surface area contributed by atoms with Gasteiger partial charge >= 0.3 is 0 Å². The third kappa shape index (κ3) is 2.89. The average Bonchev–Trinajstić information content (AvgIpc) is 2.32. The van der Waals surface area contributed by atoms with E-state index in [1.54, 1.807) is 24.4 Å². The van der Waals surface area contributed by atoms with Crippen LogP contribution in [0, 0.1) is 6.92 Å². The van der Waals surface area contributed by atoms with Gasteiger partial charge in [0.25, 0.3) is 5.91 Å². The second-order valence-corrected chi connectivity index (χ2v) is 4.98. The highest BCUT2D eigenvalue weighted by Gasteiger charge is 2.10. The summed E-state index contributed by atoms with van der Waals surface area (Å²) in [7, 11) is 0. The average molecular weight is 326 g/mol. The fourth-order valence-corrected chi connectivity index (χ4v) is 2.07. The van der Waals surface area contributed by atoms with Crippen LogP contribution in [0.15, 0.2) is 41.0 Å². The maximum absolute atomic E-state index is 12.1. The van der Waals surface area contributed by atoms with Crippen molar-refractivity contribution in [2.24, 2.45) is 0 Å². The maximum atomic E-state index is 12.1. The summed E-state index contributed by atoms with van der Waals surface area (Å²) in [6, 6.07) is 8.79. The van der Waals surface area contributed by atoms with Gasteiger partial charge in [-0.3, -0.25) is 4.79 Å². The van der Waals surface area contributed by atoms with Crippen LogP contribution in [0.4, 0.5) is 5.69 Å². The first kappa shape index (κ1) is 13.1. The Morgan fingerprint density at radius 1 is 1.39 bits per heavy atom. The lowest BCUT2D eigenvalue weighted by molar-refractivity contribution is 0.102. The van der Waals surface area contributed by atoms with Crippen molar-refractivity contribution in [3.63, 3.8) is 0 Å². The number of aromatic nitrogens is 1. The molecule has 0 radical (unpaired) electrons. The molecule has 0 saturated carbocycles. The summed E-state index contributed by atoms with van der Waals surface area (Å²) in [5.41, 5.74) is 2.15. The van der Waals surface area contributed by atoms with E-state index >= 15 is 0 Å². The van der Waals surface area contributed by atoms with Gasteiger partial charge in [-0.2, -0.15) is 0 Å². The van der Waals surface area contributed by atoms with Crippen molar-refractivity contribution < 1.29 is 4.79 Å². The minimum absolute atomic E-state index is 0.170. The second kappa shape index (κ2) is 5.50. The zero-order valence-corrected chi connectivity index (χ0v) is 11.9. The molecular weight excluding hydrogens is 316 g/mol. The van der Waals surface area contributed by atoms with E-state index in [0.29, 0.717) is 16.4 Å². The Kier molecular flexibility index (Phi) is 3.99. The molecule has 92 valence electrons. The van der Waals surface area contributed by atoms with Crippen LogP contribution in [0.5, 0.6) is 0 Å². The van der Waals surface area contributed by atoms with E-state index in [9.17, 15) is 4.79 Å². The predicted molar refractivity (Wildman–Crippen MR) is 76.1 cm³/mol. The number of rotatable bonds is 2. The molecule has 0 fully saturated rings. The van der Waals surface area contributed by atoms with E-state index < -0.39 is 0 Å². The van der Waals surface area contributed by atoms with Crippen LogP contribution in [0.25, 0.3) is 0 Å². The van der Waals surface area contributed by atoms with Gasteiger partial charge in [0.2, 0.25) is 0 Å². The molecule has 18 heavy (non-hydrogen) atoms. The molecule has 0 aliphatic carbocycles. The van der Waals surface area contributed by atoms with Gasteiger partial charge in [0.1, 0.15) is 5.15 Å². The van der Waals surface area contributed by atoms with E-state index in [0.717, 1.165) is 10.0 Å². The van der Waals surface area contributed by atoms with Gasteiger partial charge in [-0.25, -0.2) is 4.98 Å². The number of pyridine rings is 1. The number of hydrogen-bond donors (Lipinski definition) is 1. The first-order valence-electron chi connectivity index (χ1n) is 5.26. The number of carbonyl (C=O) groups excluding carboxylic acids is 1. The normalized spacial score (nSPS) is 10.2. The number of anilines is 1. The lowest BCUT2D eigenvalue weighted by atomic mass is 10.1. The summed E-state index contributed by atoms with van der Waals surface area (Å²) in [6.45, 7) is 1.89. The number of benzene rings is 1. The molecule has 1 heterocycles. The molecule has 2 rings (SSSR count). The van der Waals surface area contributed by atoms with E-state index in [4.69, 9.17) is 11.6 Å². The van der Waals surface area contributed by atoms with Crippen molar-refractivity contribution in [2.45, 2.75) is 6.92 Å². The molecule has 0 saturated heterocycles. The van der Waals surface area contributed by atoms with Gasteiger partial charge in [-0.15, -0.1) is 0 Å². The highest BCUT2D eigenvalue weighted by atomic mass is 79.9. The lowest BCUT2D eigenvalue weighted by Crippen LogP contribution is -2.13. The van der Waals surface area contributed by atoms with Crippen LogP contribution < -0.4 is 5.32 Å². The largest absolute Gasteiger partial charge is 0.322 e. The van der Waals surface area contributed by atoms with Gasteiger partial charge in [0, 0.05) is 21.9 Å².